The second-order valence-electron chi connectivity index (χ2n) is 4.71. The Morgan fingerprint density at radius 2 is 1.68 bits per heavy atom. The minimum atomic E-state index is -4.71. The zero-order valence-corrected chi connectivity index (χ0v) is 11.5. The summed E-state index contributed by atoms with van der Waals surface area (Å²) in [7, 11) is -1.40. The highest BCUT2D eigenvalue weighted by Gasteiger charge is 2.30. The molecule has 0 heterocycles. The van der Waals surface area contributed by atoms with E-state index in [0.29, 0.717) is 5.56 Å². The first-order valence-corrected chi connectivity index (χ1v) is 6.50. The molecule has 106 valence electrons. The Balaban J connectivity index is 2.73. The molecule has 1 aromatic rings. The van der Waals surface area contributed by atoms with Gasteiger partial charge in [0.1, 0.15) is 16.7 Å². The van der Waals surface area contributed by atoms with Crippen LogP contribution in [-0.4, -0.2) is 21.5 Å². The van der Waals surface area contributed by atoms with Gasteiger partial charge in [0.2, 0.25) is 0 Å². The van der Waals surface area contributed by atoms with E-state index in [9.17, 15) is 17.4 Å². The summed E-state index contributed by atoms with van der Waals surface area (Å²) in [6.45, 7) is 5.34. The van der Waals surface area contributed by atoms with Crippen LogP contribution >= 0.6 is 0 Å². The number of hydrogen-bond acceptors (Lipinski definition) is 2. The molecule has 0 saturated carbocycles. The first-order chi connectivity index (χ1) is 8.58. The summed E-state index contributed by atoms with van der Waals surface area (Å²) in [6, 6.07) is 5.17. The van der Waals surface area contributed by atoms with E-state index >= 15 is 0 Å². The van der Waals surface area contributed by atoms with Crippen molar-refractivity contribution in [2.75, 3.05) is 0 Å². The fourth-order valence-corrected chi connectivity index (χ4v) is 1.56. The molecule has 0 fully saturated rings. The van der Waals surface area contributed by atoms with Gasteiger partial charge in [-0.1, -0.05) is 0 Å². The van der Waals surface area contributed by atoms with Crippen molar-refractivity contribution in [3.63, 3.8) is 0 Å². The summed E-state index contributed by atoms with van der Waals surface area (Å²) < 4.78 is 54.6. The first kappa shape index (κ1) is 15.7. The molecule has 0 N–H and O–H groups in total. The average Bonchev–Trinajstić information content (AvgIpc) is 2.24. The van der Waals surface area contributed by atoms with E-state index in [0.717, 1.165) is 0 Å². The van der Waals surface area contributed by atoms with Crippen LogP contribution in [0.15, 0.2) is 28.7 Å². The number of rotatable bonds is 3. The van der Waals surface area contributed by atoms with Crippen LogP contribution in [0.2, 0.25) is 0 Å². The number of hydrogen-bond donors (Lipinski definition) is 0. The molecular formula is C12H14F3NO2S. The Morgan fingerprint density at radius 3 is 2.11 bits per heavy atom. The zero-order chi connectivity index (χ0) is 14.7. The van der Waals surface area contributed by atoms with Crippen molar-refractivity contribution in [3.8, 4) is 5.75 Å². The molecule has 0 bridgehead atoms. The average molecular weight is 293 g/mol. The maximum atomic E-state index is 11.9. The highest BCUT2D eigenvalue weighted by molar-refractivity contribution is 7.85. The van der Waals surface area contributed by atoms with Crippen molar-refractivity contribution in [2.24, 2.45) is 4.40 Å². The van der Waals surface area contributed by atoms with Gasteiger partial charge in [0.25, 0.3) is 0 Å². The van der Waals surface area contributed by atoms with Gasteiger partial charge in [0.15, 0.2) is 0 Å². The molecule has 1 unspecified atom stereocenters. The smallest absolute Gasteiger partial charge is 0.406 e. The molecule has 3 nitrogen and oxygen atoms in total. The van der Waals surface area contributed by atoms with Crippen molar-refractivity contribution in [1.29, 1.82) is 0 Å². The largest absolute Gasteiger partial charge is 0.573 e. The fraction of sp³-hybridized carbons (Fsp3) is 0.417. The summed E-state index contributed by atoms with van der Waals surface area (Å²) in [4.78, 5) is 0. The van der Waals surface area contributed by atoms with Crippen LogP contribution in [0.5, 0.6) is 5.75 Å². The van der Waals surface area contributed by atoms with Gasteiger partial charge in [-0.15, -0.1) is 13.2 Å². The van der Waals surface area contributed by atoms with E-state index in [2.05, 4.69) is 9.13 Å². The Bertz CT molecular complexity index is 475. The lowest BCUT2D eigenvalue weighted by molar-refractivity contribution is -0.274. The highest BCUT2D eigenvalue weighted by atomic mass is 32.2. The lowest BCUT2D eigenvalue weighted by atomic mass is 10.2. The van der Waals surface area contributed by atoms with Crippen molar-refractivity contribution in [2.45, 2.75) is 31.9 Å². The number of benzene rings is 1. The lowest BCUT2D eigenvalue weighted by Gasteiger charge is -2.12. The van der Waals surface area contributed by atoms with Crippen LogP contribution in [0.1, 0.15) is 26.3 Å². The molecule has 0 saturated heterocycles. The Labute approximate surface area is 112 Å². The first-order valence-electron chi connectivity index (χ1n) is 5.40. The van der Waals surface area contributed by atoms with E-state index in [1.54, 1.807) is 20.8 Å². The predicted molar refractivity (Wildman–Crippen MR) is 68.6 cm³/mol. The third kappa shape index (κ3) is 5.87. The summed E-state index contributed by atoms with van der Waals surface area (Å²) in [6.07, 6.45) is -3.35. The molecule has 0 radical (unpaired) electrons. The molecule has 0 aliphatic carbocycles. The number of alkyl halides is 3. The standard InChI is InChI=1S/C12H14F3NO2S/c1-11(2,3)19(17)16-8-9-4-6-10(7-5-9)18-12(13,14)15/h4-8H,1-3H3. The van der Waals surface area contributed by atoms with Gasteiger partial charge in [-0.25, -0.2) is 4.21 Å². The van der Waals surface area contributed by atoms with Gasteiger partial charge in [-0.3, -0.25) is 0 Å². The van der Waals surface area contributed by atoms with Crippen LogP contribution in [0.4, 0.5) is 13.2 Å². The van der Waals surface area contributed by atoms with Gasteiger partial charge in [0, 0.05) is 6.21 Å². The van der Waals surface area contributed by atoms with E-state index in [1.165, 1.54) is 30.5 Å². The molecule has 0 spiro atoms. The monoisotopic (exact) mass is 293 g/mol. The van der Waals surface area contributed by atoms with Crippen molar-refractivity contribution >= 4 is 17.2 Å². The maximum absolute atomic E-state index is 11.9. The van der Waals surface area contributed by atoms with Gasteiger partial charge < -0.3 is 4.74 Å². The fourth-order valence-electron chi connectivity index (χ4n) is 1.02. The summed E-state index contributed by atoms with van der Waals surface area (Å²) in [5, 5.41) is 0. The van der Waals surface area contributed by atoms with Gasteiger partial charge in [-0.2, -0.15) is 4.40 Å². The van der Waals surface area contributed by atoms with Crippen LogP contribution < -0.4 is 4.74 Å². The molecule has 0 aliphatic heterocycles. The topological polar surface area (TPSA) is 38.7 Å². The number of halogens is 3. The van der Waals surface area contributed by atoms with Crippen molar-refractivity contribution < 1.29 is 22.1 Å². The summed E-state index contributed by atoms with van der Waals surface area (Å²) >= 11 is 0. The Hall–Kier alpha value is -1.37. The summed E-state index contributed by atoms with van der Waals surface area (Å²) in [5.74, 6) is -0.304. The molecule has 19 heavy (non-hydrogen) atoms. The van der Waals surface area contributed by atoms with E-state index in [4.69, 9.17) is 0 Å². The van der Waals surface area contributed by atoms with Crippen molar-refractivity contribution in [3.05, 3.63) is 29.8 Å². The van der Waals surface area contributed by atoms with E-state index in [-0.39, 0.29) is 5.75 Å². The highest BCUT2D eigenvalue weighted by Crippen LogP contribution is 2.22. The second kappa shape index (κ2) is 5.73. The Morgan fingerprint density at radius 1 is 1.16 bits per heavy atom. The normalized spacial score (nSPS) is 14.6. The number of nitrogens with zero attached hydrogens (tertiary/aromatic N) is 1. The molecule has 1 atom stereocenters. The van der Waals surface area contributed by atoms with Crippen LogP contribution in [0.25, 0.3) is 0 Å². The zero-order valence-electron chi connectivity index (χ0n) is 10.7. The molecule has 0 aromatic heterocycles. The third-order valence-corrected chi connectivity index (χ3v) is 3.28. The maximum Gasteiger partial charge on any atom is 0.573 e. The molecule has 1 rings (SSSR count). The second-order valence-corrected chi connectivity index (χ2v) is 6.65. The molecule has 0 aliphatic rings. The Kier molecular flexibility index (Phi) is 4.73. The van der Waals surface area contributed by atoms with Crippen molar-refractivity contribution in [1.82, 2.24) is 0 Å². The number of ether oxygens (including phenoxy) is 1. The minimum absolute atomic E-state index is 0.304. The van der Waals surface area contributed by atoms with E-state index in [1.807, 2.05) is 0 Å². The quantitative estimate of drug-likeness (QED) is 0.800. The van der Waals surface area contributed by atoms with E-state index < -0.39 is 22.1 Å². The third-order valence-electron chi connectivity index (χ3n) is 1.94. The van der Waals surface area contributed by atoms with Crippen LogP contribution in [-0.2, 0) is 11.0 Å². The SMILES string of the molecule is CC(C)(C)S(=O)N=Cc1ccc(OC(F)(F)F)cc1. The van der Waals surface area contributed by atoms with Crippen LogP contribution in [0, 0.1) is 0 Å². The minimum Gasteiger partial charge on any atom is -0.406 e. The molecular weight excluding hydrogens is 279 g/mol. The summed E-state index contributed by atoms with van der Waals surface area (Å²) in [5.41, 5.74) is 0.548. The van der Waals surface area contributed by atoms with Gasteiger partial charge in [0.05, 0.1) is 4.75 Å². The molecule has 7 heteroatoms. The molecule has 0 amide bonds. The predicted octanol–water partition coefficient (Wildman–Crippen LogP) is 3.47. The van der Waals surface area contributed by atoms with Gasteiger partial charge in [-0.05, 0) is 50.6 Å². The van der Waals surface area contributed by atoms with Gasteiger partial charge >= 0.3 is 6.36 Å². The molecule has 1 aromatic carbocycles. The lowest BCUT2D eigenvalue weighted by Crippen LogP contribution is -2.19. The van der Waals surface area contributed by atoms with Crippen LogP contribution in [0.3, 0.4) is 0 Å².